The van der Waals surface area contributed by atoms with Gasteiger partial charge in [-0.15, -0.1) is 0 Å². The third-order valence-electron chi connectivity index (χ3n) is 8.51. The molecular formula is C38H47N5O11. The summed E-state index contributed by atoms with van der Waals surface area (Å²) in [5, 5.41) is 46.0. The molecule has 54 heavy (non-hydrogen) atoms. The number of hydrogen-bond donors (Lipinski definition) is 4. The van der Waals surface area contributed by atoms with Crippen molar-refractivity contribution in [1.82, 2.24) is 15.0 Å². The van der Waals surface area contributed by atoms with Crippen LogP contribution in [0.25, 0.3) is 11.0 Å². The highest BCUT2D eigenvalue weighted by Gasteiger charge is 2.25. The first-order chi connectivity index (χ1) is 25.7. The number of piperidine rings is 1. The normalized spacial score (nSPS) is 15.1. The number of benzene rings is 2. The molecule has 4 N–H and O–H groups in total. The number of aromatic nitrogens is 1. The molecule has 290 valence electrons. The van der Waals surface area contributed by atoms with Gasteiger partial charge in [0.1, 0.15) is 0 Å². The van der Waals surface area contributed by atoms with E-state index in [1.807, 2.05) is 24.3 Å². The molecule has 0 spiro atoms. The Hall–Kier alpha value is -5.60. The fourth-order valence-electron chi connectivity index (χ4n) is 5.96. The zero-order valence-corrected chi connectivity index (χ0v) is 30.6. The summed E-state index contributed by atoms with van der Waals surface area (Å²) in [5.41, 5.74) is 6.10. The van der Waals surface area contributed by atoms with Crippen LogP contribution in [-0.2, 0) is 48.2 Å². The number of nitriles is 1. The smallest absolute Gasteiger partial charge is 0.328 e. The lowest BCUT2D eigenvalue weighted by Crippen LogP contribution is -2.39. The molecule has 5 rings (SSSR count). The van der Waals surface area contributed by atoms with Crippen LogP contribution in [-0.4, -0.2) is 120 Å². The van der Waals surface area contributed by atoms with Crippen LogP contribution in [0.3, 0.4) is 0 Å². The van der Waals surface area contributed by atoms with Crippen molar-refractivity contribution in [2.75, 3.05) is 58.9 Å². The molecule has 0 bridgehead atoms. The maximum absolute atomic E-state index is 9.55. The molecule has 0 saturated carbocycles. The Labute approximate surface area is 313 Å². The average Bonchev–Trinajstić information content (AvgIpc) is 3.80. The van der Waals surface area contributed by atoms with Crippen molar-refractivity contribution in [2.24, 2.45) is 5.92 Å². The van der Waals surface area contributed by atoms with E-state index in [1.54, 1.807) is 0 Å². The number of carboxylic acids is 4. The molecule has 3 heterocycles. The number of aryl methyl sites for hydroxylation is 1. The molecule has 2 saturated heterocycles. The van der Waals surface area contributed by atoms with Gasteiger partial charge in [0.15, 0.2) is 11.9 Å². The van der Waals surface area contributed by atoms with Crippen LogP contribution in [0.15, 0.2) is 65.2 Å². The summed E-state index contributed by atoms with van der Waals surface area (Å²) in [5.74, 6) is -4.32. The second-order valence-electron chi connectivity index (χ2n) is 12.9. The number of carboxylic acid groups (broad SMARTS) is 4. The van der Waals surface area contributed by atoms with Gasteiger partial charge in [0.05, 0.1) is 30.5 Å². The fraction of sp³-hybridized carbons (Fsp3) is 0.421. The number of ether oxygens (including phenoxy) is 2. The van der Waals surface area contributed by atoms with Gasteiger partial charge >= 0.3 is 23.9 Å². The van der Waals surface area contributed by atoms with Crippen LogP contribution in [0.5, 0.6) is 0 Å². The molecule has 2 aliphatic heterocycles. The Morgan fingerprint density at radius 3 is 1.91 bits per heavy atom. The van der Waals surface area contributed by atoms with Crippen molar-refractivity contribution in [2.45, 2.75) is 45.1 Å². The van der Waals surface area contributed by atoms with Gasteiger partial charge in [-0.25, -0.2) is 19.2 Å². The lowest BCUT2D eigenvalue weighted by Gasteiger charge is -2.32. The third-order valence-corrected chi connectivity index (χ3v) is 8.51. The van der Waals surface area contributed by atoms with Crippen LogP contribution in [0.4, 0.5) is 5.69 Å². The Balaban J connectivity index is 0.000000410. The Morgan fingerprint density at radius 2 is 1.41 bits per heavy atom. The van der Waals surface area contributed by atoms with E-state index in [4.69, 9.17) is 39.7 Å². The van der Waals surface area contributed by atoms with Gasteiger partial charge in [0, 0.05) is 67.6 Å². The predicted molar refractivity (Wildman–Crippen MR) is 197 cm³/mol. The number of nitrogens with zero attached hydrogens (tertiary/aromatic N) is 5. The number of likely N-dealkylation sites (tertiary alicyclic amines) is 1. The Morgan fingerprint density at radius 1 is 0.852 bits per heavy atom. The number of fused-ring (bicyclic) bond motifs is 1. The van der Waals surface area contributed by atoms with Crippen molar-refractivity contribution >= 4 is 40.5 Å². The minimum atomic E-state index is -1.26. The van der Waals surface area contributed by atoms with E-state index in [-0.39, 0.29) is 6.29 Å². The minimum Gasteiger partial charge on any atom is -0.478 e. The van der Waals surface area contributed by atoms with Crippen molar-refractivity contribution in [3.8, 4) is 6.07 Å². The van der Waals surface area contributed by atoms with Crippen LogP contribution in [0, 0.1) is 17.2 Å². The first-order valence-electron chi connectivity index (χ1n) is 17.2. The summed E-state index contributed by atoms with van der Waals surface area (Å²) >= 11 is 0. The van der Waals surface area contributed by atoms with Gasteiger partial charge in [-0.3, -0.25) is 4.90 Å². The molecular weight excluding hydrogens is 702 g/mol. The SMILES string of the molecule is CN(C)Cc1c(N(C)Cc2ccc(C#N)cc2)ccc2c(CCC3CCN(CC4OCCO4)CC3)noc12.O=C(O)/C=C/C(=O)O.O=C(O)/C=C/C(=O)O. The molecule has 0 atom stereocenters. The van der Waals surface area contributed by atoms with Crippen LogP contribution in [0.1, 0.15) is 41.6 Å². The minimum absolute atomic E-state index is 0.0440. The second-order valence-corrected chi connectivity index (χ2v) is 12.9. The molecule has 0 unspecified atom stereocenters. The predicted octanol–water partition coefficient (Wildman–Crippen LogP) is 3.84. The third kappa shape index (κ3) is 14.8. The quantitative estimate of drug-likeness (QED) is 0.172. The lowest BCUT2D eigenvalue weighted by molar-refractivity contribution is -0.134. The van der Waals surface area contributed by atoms with Gasteiger partial charge in [-0.05, 0) is 88.6 Å². The van der Waals surface area contributed by atoms with Crippen molar-refractivity contribution in [3.63, 3.8) is 0 Å². The van der Waals surface area contributed by atoms with Gasteiger partial charge in [-0.1, -0.05) is 17.3 Å². The van der Waals surface area contributed by atoms with Crippen molar-refractivity contribution in [1.29, 1.82) is 5.26 Å². The molecule has 2 aliphatic rings. The van der Waals surface area contributed by atoms with E-state index in [0.717, 1.165) is 92.3 Å². The average molecular weight is 750 g/mol. The van der Waals surface area contributed by atoms with Crippen molar-refractivity contribution in [3.05, 3.63) is 83.1 Å². The highest BCUT2D eigenvalue weighted by atomic mass is 16.7. The number of rotatable bonds is 14. The highest BCUT2D eigenvalue weighted by molar-refractivity contribution is 5.90. The summed E-state index contributed by atoms with van der Waals surface area (Å²) < 4.78 is 17.2. The molecule has 16 heteroatoms. The van der Waals surface area contributed by atoms with Gasteiger partial charge in [-0.2, -0.15) is 5.26 Å². The molecule has 2 aromatic carbocycles. The topological polar surface area (TPSA) is 227 Å². The molecule has 0 aliphatic carbocycles. The summed E-state index contributed by atoms with van der Waals surface area (Å²) in [6, 6.07) is 14.4. The molecule has 1 aromatic heterocycles. The summed E-state index contributed by atoms with van der Waals surface area (Å²) in [6.45, 7) is 6.06. The fourth-order valence-corrected chi connectivity index (χ4v) is 5.96. The zero-order valence-electron chi connectivity index (χ0n) is 30.6. The molecule has 0 amide bonds. The van der Waals surface area contributed by atoms with Crippen LogP contribution >= 0.6 is 0 Å². The lowest BCUT2D eigenvalue weighted by atomic mass is 9.91. The molecule has 0 radical (unpaired) electrons. The number of carbonyl (C=O) groups is 4. The zero-order chi connectivity index (χ0) is 39.6. The van der Waals surface area contributed by atoms with E-state index in [2.05, 4.69) is 59.2 Å². The van der Waals surface area contributed by atoms with E-state index < -0.39 is 23.9 Å². The highest BCUT2D eigenvalue weighted by Crippen LogP contribution is 2.33. The van der Waals surface area contributed by atoms with Crippen molar-refractivity contribution < 1.29 is 53.6 Å². The van der Waals surface area contributed by atoms with Gasteiger partial charge < -0.3 is 44.2 Å². The van der Waals surface area contributed by atoms with E-state index in [9.17, 15) is 19.2 Å². The van der Waals surface area contributed by atoms with E-state index >= 15 is 0 Å². The molecule has 3 aromatic rings. The number of aliphatic carboxylic acids is 4. The molecule has 16 nitrogen and oxygen atoms in total. The summed E-state index contributed by atoms with van der Waals surface area (Å²) in [7, 11) is 6.27. The number of hydrogen-bond acceptors (Lipinski definition) is 12. The maximum Gasteiger partial charge on any atom is 0.328 e. The standard InChI is InChI=1S/C30H39N5O3.2C4H4O4/c1-33(2)20-26-28(34(3)19-24-6-4-23(18-31)5-7-24)11-9-25-27(32-38-30(25)26)10-8-22-12-14-35(15-13-22)21-29-36-16-17-37-29;2*5-3(6)1-2-4(7)8/h4-7,9,11,22,29H,8,10,12-17,19-21H2,1-3H3;2*1-2H,(H,5,6)(H,7,8)/b;2*2-1+. The second kappa shape index (κ2) is 21.8. The van der Waals surface area contributed by atoms with E-state index in [1.165, 1.54) is 12.8 Å². The summed E-state index contributed by atoms with van der Waals surface area (Å²) in [4.78, 5) is 45.1. The van der Waals surface area contributed by atoms with Crippen LogP contribution < -0.4 is 4.90 Å². The van der Waals surface area contributed by atoms with E-state index in [0.29, 0.717) is 35.8 Å². The van der Waals surface area contributed by atoms with Gasteiger partial charge in [0.25, 0.3) is 0 Å². The Bertz CT molecular complexity index is 1730. The first-order valence-corrected chi connectivity index (χ1v) is 17.2. The summed E-state index contributed by atoms with van der Waals surface area (Å²) in [6.07, 6.45) is 6.67. The molecule has 2 fully saturated rings. The maximum atomic E-state index is 9.55. The monoisotopic (exact) mass is 749 g/mol. The number of anilines is 1. The first kappa shape index (κ1) is 42.8. The van der Waals surface area contributed by atoms with Crippen LogP contribution in [0.2, 0.25) is 0 Å². The van der Waals surface area contributed by atoms with Gasteiger partial charge in [0.2, 0.25) is 0 Å². The largest absolute Gasteiger partial charge is 0.478 e. The Kier molecular flexibility index (Phi) is 17.3.